The third-order valence-corrected chi connectivity index (χ3v) is 3.29. The lowest BCUT2D eigenvalue weighted by Gasteiger charge is -2.21. The summed E-state index contributed by atoms with van der Waals surface area (Å²) in [5, 5.41) is 6.25. The van der Waals surface area contributed by atoms with Crippen LogP contribution in [0.5, 0.6) is 0 Å². The monoisotopic (exact) mass is 358 g/mol. The second kappa shape index (κ2) is 6.84. The number of halogens is 4. The first kappa shape index (κ1) is 18.3. The summed E-state index contributed by atoms with van der Waals surface area (Å²) in [7, 11) is 0. The van der Waals surface area contributed by atoms with E-state index in [0.29, 0.717) is 5.02 Å². The average molecular weight is 359 g/mol. The van der Waals surface area contributed by atoms with Crippen molar-refractivity contribution in [2.45, 2.75) is 39.0 Å². The van der Waals surface area contributed by atoms with Gasteiger partial charge in [-0.2, -0.15) is 18.2 Å². The van der Waals surface area contributed by atoms with Gasteiger partial charge in [0.15, 0.2) is 5.69 Å². The van der Waals surface area contributed by atoms with E-state index in [4.69, 9.17) is 11.6 Å². The molecule has 2 aromatic rings. The van der Waals surface area contributed by atoms with Crippen LogP contribution < -0.4 is 10.6 Å². The van der Waals surface area contributed by atoms with E-state index in [1.54, 1.807) is 24.3 Å². The maximum Gasteiger partial charge on any atom is 0.433 e. The molecule has 1 aromatic carbocycles. The third kappa shape index (κ3) is 5.26. The normalized spacial score (nSPS) is 12.1. The summed E-state index contributed by atoms with van der Waals surface area (Å²) < 4.78 is 39.1. The summed E-state index contributed by atoms with van der Waals surface area (Å²) >= 11 is 6.05. The summed E-state index contributed by atoms with van der Waals surface area (Å²) in [6.07, 6.45) is -4.56. The Morgan fingerprint density at radius 2 is 1.75 bits per heavy atom. The van der Waals surface area contributed by atoms with E-state index in [9.17, 15) is 13.2 Å². The Labute approximate surface area is 143 Å². The van der Waals surface area contributed by atoms with E-state index in [1.807, 2.05) is 20.8 Å². The molecular formula is C16H18ClF3N4. The number of benzene rings is 1. The Kier molecular flexibility index (Phi) is 5.22. The smallest absolute Gasteiger partial charge is 0.366 e. The van der Waals surface area contributed by atoms with Crippen LogP contribution in [0.2, 0.25) is 5.02 Å². The van der Waals surface area contributed by atoms with Gasteiger partial charge in [-0.25, -0.2) is 4.98 Å². The zero-order chi connectivity index (χ0) is 18.0. The molecule has 0 radical (unpaired) electrons. The molecule has 4 nitrogen and oxygen atoms in total. The Hall–Kier alpha value is -2.02. The SMILES string of the molecule is CC(C)(C)Nc1nc(NCc2ccccc2Cl)cc(C(F)(F)F)n1. The highest BCUT2D eigenvalue weighted by atomic mass is 35.5. The van der Waals surface area contributed by atoms with E-state index in [1.165, 1.54) is 0 Å². The topological polar surface area (TPSA) is 49.8 Å². The minimum absolute atomic E-state index is 0.0731. The van der Waals surface area contributed by atoms with Gasteiger partial charge in [-0.3, -0.25) is 0 Å². The highest BCUT2D eigenvalue weighted by Gasteiger charge is 2.34. The lowest BCUT2D eigenvalue weighted by Crippen LogP contribution is -2.28. The van der Waals surface area contributed by atoms with Crippen LogP contribution in [0.15, 0.2) is 30.3 Å². The first-order chi connectivity index (χ1) is 11.0. The van der Waals surface area contributed by atoms with Gasteiger partial charge < -0.3 is 10.6 Å². The van der Waals surface area contributed by atoms with Gasteiger partial charge in [0.25, 0.3) is 0 Å². The molecule has 0 saturated heterocycles. The number of nitrogens with zero attached hydrogens (tertiary/aromatic N) is 2. The molecule has 1 heterocycles. The van der Waals surface area contributed by atoms with E-state index < -0.39 is 17.4 Å². The Morgan fingerprint density at radius 3 is 2.33 bits per heavy atom. The molecule has 1 aromatic heterocycles. The third-order valence-electron chi connectivity index (χ3n) is 2.92. The molecule has 0 spiro atoms. The molecule has 0 aliphatic carbocycles. The van der Waals surface area contributed by atoms with E-state index in [0.717, 1.165) is 11.6 Å². The first-order valence-electron chi connectivity index (χ1n) is 7.26. The number of rotatable bonds is 4. The van der Waals surface area contributed by atoms with Crippen molar-refractivity contribution in [2.24, 2.45) is 0 Å². The van der Waals surface area contributed by atoms with E-state index in [2.05, 4.69) is 20.6 Å². The van der Waals surface area contributed by atoms with Gasteiger partial charge in [0.2, 0.25) is 5.95 Å². The largest absolute Gasteiger partial charge is 0.433 e. The molecule has 0 fully saturated rings. The zero-order valence-electron chi connectivity index (χ0n) is 13.5. The predicted molar refractivity (Wildman–Crippen MR) is 89.2 cm³/mol. The lowest BCUT2D eigenvalue weighted by molar-refractivity contribution is -0.141. The number of hydrogen-bond acceptors (Lipinski definition) is 4. The lowest BCUT2D eigenvalue weighted by atomic mass is 10.1. The van der Waals surface area contributed by atoms with Crippen molar-refractivity contribution in [3.63, 3.8) is 0 Å². The standard InChI is InChI=1S/C16H18ClF3N4/c1-15(2,3)24-14-22-12(16(18,19)20)8-13(23-14)21-9-10-6-4-5-7-11(10)17/h4-8H,9H2,1-3H3,(H2,21,22,23,24). The molecular weight excluding hydrogens is 341 g/mol. The van der Waals surface area contributed by atoms with E-state index in [-0.39, 0.29) is 18.3 Å². The second-order valence-corrected chi connectivity index (χ2v) is 6.69. The highest BCUT2D eigenvalue weighted by molar-refractivity contribution is 6.31. The zero-order valence-corrected chi connectivity index (χ0v) is 14.3. The molecule has 24 heavy (non-hydrogen) atoms. The van der Waals surface area contributed by atoms with Gasteiger partial charge in [-0.15, -0.1) is 0 Å². The summed E-state index contributed by atoms with van der Waals surface area (Å²) in [4.78, 5) is 7.65. The fraction of sp³-hybridized carbons (Fsp3) is 0.375. The number of nitrogens with one attached hydrogen (secondary N) is 2. The van der Waals surface area contributed by atoms with Crippen molar-refractivity contribution in [2.75, 3.05) is 10.6 Å². The van der Waals surface area contributed by atoms with Gasteiger partial charge in [-0.05, 0) is 32.4 Å². The van der Waals surface area contributed by atoms with Crippen LogP contribution in [0, 0.1) is 0 Å². The molecule has 0 saturated carbocycles. The van der Waals surface area contributed by atoms with Crippen molar-refractivity contribution in [3.05, 3.63) is 46.6 Å². The van der Waals surface area contributed by atoms with Crippen LogP contribution >= 0.6 is 11.6 Å². The number of alkyl halides is 3. The molecule has 8 heteroatoms. The van der Waals surface area contributed by atoms with Crippen molar-refractivity contribution in [3.8, 4) is 0 Å². The highest BCUT2D eigenvalue weighted by Crippen LogP contribution is 2.30. The van der Waals surface area contributed by atoms with Crippen LogP contribution in [0.4, 0.5) is 24.9 Å². The predicted octanol–water partition coefficient (Wildman–Crippen LogP) is 4.97. The van der Waals surface area contributed by atoms with Crippen molar-refractivity contribution in [1.29, 1.82) is 0 Å². The number of aromatic nitrogens is 2. The summed E-state index contributed by atoms with van der Waals surface area (Å²) in [5.74, 6) is -0.0111. The average Bonchev–Trinajstić information content (AvgIpc) is 2.43. The molecule has 0 aliphatic rings. The van der Waals surface area contributed by atoms with Crippen LogP contribution in [0.25, 0.3) is 0 Å². The molecule has 0 atom stereocenters. The molecule has 0 aliphatic heterocycles. The molecule has 0 bridgehead atoms. The Balaban J connectivity index is 2.28. The molecule has 130 valence electrons. The van der Waals surface area contributed by atoms with Crippen molar-refractivity contribution < 1.29 is 13.2 Å². The van der Waals surface area contributed by atoms with Crippen LogP contribution in [0.1, 0.15) is 32.0 Å². The Bertz CT molecular complexity index is 711. The Morgan fingerprint density at radius 1 is 1.08 bits per heavy atom. The fourth-order valence-electron chi connectivity index (χ4n) is 1.90. The maximum atomic E-state index is 13.0. The molecule has 2 rings (SSSR count). The summed E-state index contributed by atoms with van der Waals surface area (Å²) in [6, 6.07) is 7.96. The van der Waals surface area contributed by atoms with Crippen LogP contribution in [0.3, 0.4) is 0 Å². The summed E-state index contributed by atoms with van der Waals surface area (Å²) in [6.45, 7) is 5.69. The van der Waals surface area contributed by atoms with Gasteiger partial charge in [0.05, 0.1) is 0 Å². The minimum Gasteiger partial charge on any atom is -0.366 e. The second-order valence-electron chi connectivity index (χ2n) is 6.28. The minimum atomic E-state index is -4.56. The number of hydrogen-bond donors (Lipinski definition) is 2. The van der Waals surface area contributed by atoms with Crippen molar-refractivity contribution in [1.82, 2.24) is 9.97 Å². The first-order valence-corrected chi connectivity index (χ1v) is 7.64. The van der Waals surface area contributed by atoms with Gasteiger partial charge in [0, 0.05) is 23.2 Å². The quantitative estimate of drug-likeness (QED) is 0.810. The van der Waals surface area contributed by atoms with Crippen LogP contribution in [-0.2, 0) is 12.7 Å². The molecule has 0 unspecified atom stereocenters. The van der Waals surface area contributed by atoms with Gasteiger partial charge in [0.1, 0.15) is 5.82 Å². The van der Waals surface area contributed by atoms with E-state index >= 15 is 0 Å². The van der Waals surface area contributed by atoms with Crippen LogP contribution in [-0.4, -0.2) is 15.5 Å². The van der Waals surface area contributed by atoms with Gasteiger partial charge in [-0.1, -0.05) is 29.8 Å². The van der Waals surface area contributed by atoms with Crippen molar-refractivity contribution >= 4 is 23.4 Å². The fourth-order valence-corrected chi connectivity index (χ4v) is 2.10. The molecule has 2 N–H and O–H groups in total. The summed E-state index contributed by atoms with van der Waals surface area (Å²) in [5.41, 5.74) is -0.716. The molecule has 0 amide bonds. The number of anilines is 2. The van der Waals surface area contributed by atoms with Gasteiger partial charge >= 0.3 is 6.18 Å². The maximum absolute atomic E-state index is 13.0.